The molecule has 0 aliphatic heterocycles. The predicted octanol–water partition coefficient (Wildman–Crippen LogP) is 3.76. The molecule has 0 aromatic heterocycles. The van der Waals surface area contributed by atoms with Crippen molar-refractivity contribution in [3.05, 3.63) is 22.3 Å². The van der Waals surface area contributed by atoms with Crippen molar-refractivity contribution in [2.45, 2.75) is 89.7 Å². The van der Waals surface area contributed by atoms with E-state index in [1.54, 1.807) is 6.08 Å². The Balaban J connectivity index is 2.56. The van der Waals surface area contributed by atoms with Gasteiger partial charge in [0.15, 0.2) is 5.78 Å². The summed E-state index contributed by atoms with van der Waals surface area (Å²) in [6.07, 6.45) is 9.74. The Morgan fingerprint density at radius 3 is 2.41 bits per heavy atom. The van der Waals surface area contributed by atoms with Crippen LogP contribution in [-0.4, -0.2) is 39.0 Å². The maximum atomic E-state index is 11.9. The first-order valence-electron chi connectivity index (χ1n) is 10.1. The van der Waals surface area contributed by atoms with Gasteiger partial charge >= 0.3 is 5.97 Å². The summed E-state index contributed by atoms with van der Waals surface area (Å²) in [6, 6.07) is -0.992. The number of unbranched alkanes of at least 4 members (excludes halogenated alkanes) is 5. The number of carboxylic acids is 1. The largest absolute Gasteiger partial charge is 0.481 e. The highest BCUT2D eigenvalue weighted by molar-refractivity contribution is 5.89. The van der Waals surface area contributed by atoms with Crippen LogP contribution < -0.4 is 0 Å². The van der Waals surface area contributed by atoms with Gasteiger partial charge in [-0.15, -0.1) is 0 Å². The first-order valence-corrected chi connectivity index (χ1v) is 10.1. The van der Waals surface area contributed by atoms with E-state index in [1.807, 2.05) is 0 Å². The molecular weight excluding hydrogens is 350 g/mol. The number of hydrogen-bond donors (Lipinski definition) is 2. The van der Waals surface area contributed by atoms with Gasteiger partial charge in [0.2, 0.25) is 6.04 Å². The second-order valence-electron chi connectivity index (χ2n) is 7.54. The highest BCUT2D eigenvalue weighted by Gasteiger charge is 2.48. The number of aliphatic hydroxyl groups excluding tert-OH is 1. The Kier molecular flexibility index (Phi) is 10.9. The summed E-state index contributed by atoms with van der Waals surface area (Å²) in [5.41, 5.74) is 0. The third-order valence-corrected chi connectivity index (χ3v) is 5.37. The number of nitro groups is 1. The van der Waals surface area contributed by atoms with Crippen molar-refractivity contribution in [3.63, 3.8) is 0 Å². The SMILES string of the molecule is CCCCCC(=O)/C=C/[C@@H]1CC(O)C([N+](=O)[O-])[C@@H]1CCCCCCC(=O)O. The number of aliphatic hydroxyl groups is 1. The third kappa shape index (κ3) is 8.65. The zero-order valence-corrected chi connectivity index (χ0v) is 16.2. The molecule has 154 valence electrons. The molecule has 7 heteroatoms. The number of ketones is 1. The maximum absolute atomic E-state index is 11.9. The van der Waals surface area contributed by atoms with Crippen LogP contribution in [0.1, 0.15) is 77.6 Å². The molecule has 7 nitrogen and oxygen atoms in total. The van der Waals surface area contributed by atoms with Crippen LogP contribution in [0.25, 0.3) is 0 Å². The van der Waals surface area contributed by atoms with E-state index >= 15 is 0 Å². The molecule has 27 heavy (non-hydrogen) atoms. The second kappa shape index (κ2) is 12.6. The summed E-state index contributed by atoms with van der Waals surface area (Å²) in [4.78, 5) is 33.4. The number of allylic oxidation sites excluding steroid dienone is 2. The summed E-state index contributed by atoms with van der Waals surface area (Å²) in [5, 5.41) is 30.1. The van der Waals surface area contributed by atoms with Gasteiger partial charge in [0.25, 0.3) is 0 Å². The van der Waals surface area contributed by atoms with Gasteiger partial charge in [-0.1, -0.05) is 45.1 Å². The van der Waals surface area contributed by atoms with E-state index in [0.29, 0.717) is 25.7 Å². The lowest BCUT2D eigenvalue weighted by Gasteiger charge is -2.18. The Bertz CT molecular complexity index is 519. The second-order valence-corrected chi connectivity index (χ2v) is 7.54. The van der Waals surface area contributed by atoms with E-state index in [1.165, 1.54) is 6.08 Å². The number of hydrogen-bond acceptors (Lipinski definition) is 5. The standard InChI is InChI=1S/C20H33NO6/c1-2-3-6-9-16(22)13-12-15-14-18(23)20(21(26)27)17(15)10-7-4-5-8-11-19(24)25/h12-13,15,17-18,20,23H,2-11,14H2,1H3,(H,24,25)/b13-12+/t15-,17-,18?,20?/m1/s1. The molecular formula is C20H33NO6. The van der Waals surface area contributed by atoms with Gasteiger partial charge in [-0.05, 0) is 37.7 Å². The minimum absolute atomic E-state index is 0.0370. The van der Waals surface area contributed by atoms with Crippen molar-refractivity contribution in [2.75, 3.05) is 0 Å². The highest BCUT2D eigenvalue weighted by Crippen LogP contribution is 2.38. The fraction of sp³-hybridized carbons (Fsp3) is 0.800. The van der Waals surface area contributed by atoms with Gasteiger partial charge in [0.1, 0.15) is 6.10 Å². The molecule has 0 bridgehead atoms. The average molecular weight is 383 g/mol. The Labute approximate surface area is 161 Å². The zero-order valence-electron chi connectivity index (χ0n) is 16.2. The molecule has 0 spiro atoms. The van der Waals surface area contributed by atoms with Crippen LogP contribution >= 0.6 is 0 Å². The quantitative estimate of drug-likeness (QED) is 0.204. The van der Waals surface area contributed by atoms with Gasteiger partial charge in [0.05, 0.1) is 0 Å². The molecule has 1 fully saturated rings. The molecule has 0 aromatic carbocycles. The molecule has 1 rings (SSSR count). The maximum Gasteiger partial charge on any atom is 0.303 e. The van der Waals surface area contributed by atoms with E-state index < -0.39 is 23.0 Å². The number of carboxylic acid groups (broad SMARTS) is 1. The highest BCUT2D eigenvalue weighted by atomic mass is 16.6. The molecule has 1 aliphatic rings. The molecule has 2 N–H and O–H groups in total. The van der Waals surface area contributed by atoms with E-state index in [2.05, 4.69) is 6.92 Å². The van der Waals surface area contributed by atoms with Crippen LogP contribution in [0, 0.1) is 22.0 Å². The summed E-state index contributed by atoms with van der Waals surface area (Å²) >= 11 is 0. The fourth-order valence-corrected chi connectivity index (χ4v) is 3.91. The van der Waals surface area contributed by atoms with E-state index in [0.717, 1.165) is 38.5 Å². The third-order valence-electron chi connectivity index (χ3n) is 5.37. The number of carbonyl (C=O) groups is 2. The Morgan fingerprint density at radius 1 is 1.11 bits per heavy atom. The van der Waals surface area contributed by atoms with Crippen LogP contribution in [-0.2, 0) is 9.59 Å². The summed E-state index contributed by atoms with van der Waals surface area (Å²) < 4.78 is 0. The van der Waals surface area contributed by atoms with Crippen molar-refractivity contribution < 1.29 is 24.7 Å². The minimum Gasteiger partial charge on any atom is -0.481 e. The normalized spacial score (nSPS) is 25.1. The lowest BCUT2D eigenvalue weighted by Crippen LogP contribution is -2.34. The van der Waals surface area contributed by atoms with Gasteiger partial charge in [-0.25, -0.2) is 0 Å². The van der Waals surface area contributed by atoms with Crippen molar-refractivity contribution >= 4 is 11.8 Å². The van der Waals surface area contributed by atoms with Gasteiger partial charge in [-0.2, -0.15) is 0 Å². The number of nitrogens with zero attached hydrogens (tertiary/aromatic N) is 1. The first kappa shape index (κ1) is 23.3. The summed E-state index contributed by atoms with van der Waals surface area (Å²) in [6.45, 7) is 2.07. The zero-order chi connectivity index (χ0) is 20.2. The monoisotopic (exact) mass is 383 g/mol. The van der Waals surface area contributed by atoms with Gasteiger partial charge < -0.3 is 10.2 Å². The Morgan fingerprint density at radius 2 is 1.78 bits per heavy atom. The average Bonchev–Trinajstić information content (AvgIpc) is 2.91. The molecule has 0 radical (unpaired) electrons. The van der Waals surface area contributed by atoms with Crippen LogP contribution in [0.2, 0.25) is 0 Å². The number of carbonyl (C=O) groups excluding carboxylic acids is 1. The molecule has 2 unspecified atom stereocenters. The van der Waals surface area contributed by atoms with Gasteiger partial charge in [-0.3, -0.25) is 19.7 Å². The Hall–Kier alpha value is -1.76. The van der Waals surface area contributed by atoms with Crippen molar-refractivity contribution in [2.24, 2.45) is 11.8 Å². The minimum atomic E-state index is -0.992. The van der Waals surface area contributed by atoms with Crippen molar-refractivity contribution in [1.82, 2.24) is 0 Å². The lowest BCUT2D eigenvalue weighted by atomic mass is 9.87. The topological polar surface area (TPSA) is 118 Å². The fourth-order valence-electron chi connectivity index (χ4n) is 3.91. The molecule has 0 saturated heterocycles. The summed E-state index contributed by atoms with van der Waals surface area (Å²) in [7, 11) is 0. The summed E-state index contributed by atoms with van der Waals surface area (Å²) in [5.74, 6) is -1.22. The predicted molar refractivity (Wildman–Crippen MR) is 102 cm³/mol. The molecule has 1 aliphatic carbocycles. The smallest absolute Gasteiger partial charge is 0.303 e. The molecule has 1 saturated carbocycles. The molecule has 0 heterocycles. The molecule has 0 amide bonds. The van der Waals surface area contributed by atoms with E-state index in [4.69, 9.17) is 5.11 Å². The van der Waals surface area contributed by atoms with Crippen LogP contribution in [0.15, 0.2) is 12.2 Å². The first-order chi connectivity index (χ1) is 12.9. The number of aliphatic carboxylic acids is 1. The molecule has 4 atom stereocenters. The lowest BCUT2D eigenvalue weighted by molar-refractivity contribution is -0.539. The van der Waals surface area contributed by atoms with Crippen LogP contribution in [0.4, 0.5) is 0 Å². The van der Waals surface area contributed by atoms with Gasteiger partial charge in [0, 0.05) is 23.7 Å². The van der Waals surface area contributed by atoms with Crippen molar-refractivity contribution in [1.29, 1.82) is 0 Å². The van der Waals surface area contributed by atoms with Crippen LogP contribution in [0.5, 0.6) is 0 Å². The number of rotatable bonds is 14. The van der Waals surface area contributed by atoms with Crippen LogP contribution in [0.3, 0.4) is 0 Å². The van der Waals surface area contributed by atoms with Crippen molar-refractivity contribution in [3.8, 4) is 0 Å². The van der Waals surface area contributed by atoms with E-state index in [9.17, 15) is 24.8 Å². The van der Waals surface area contributed by atoms with E-state index in [-0.39, 0.29) is 24.0 Å². The molecule has 0 aromatic rings.